The molecule has 0 aromatic heterocycles. The highest BCUT2D eigenvalue weighted by Crippen LogP contribution is 2.31. The summed E-state index contributed by atoms with van der Waals surface area (Å²) in [7, 11) is 0. The number of hydrogen-bond donors (Lipinski definition) is 3. The maximum absolute atomic E-state index is 11.6. The molecule has 34 heavy (non-hydrogen) atoms. The number of carboxylic acid groups (broad SMARTS) is 2. The molecule has 3 heterocycles. The first-order chi connectivity index (χ1) is 16.6. The van der Waals surface area contributed by atoms with E-state index in [2.05, 4.69) is 39.4 Å². The molecule has 0 saturated carbocycles. The van der Waals surface area contributed by atoms with Crippen molar-refractivity contribution in [3.05, 3.63) is 29.8 Å². The highest BCUT2D eigenvalue weighted by atomic mass is 16.5. The van der Waals surface area contributed by atoms with E-state index in [4.69, 9.17) is 29.3 Å². The number of hydrogen-bond acceptors (Lipinski definition) is 7. The number of fused-ring (bicyclic) bond motifs is 1. The van der Waals surface area contributed by atoms with Gasteiger partial charge in [0.15, 0.2) is 0 Å². The number of ether oxygens (including phenoxy) is 2. The van der Waals surface area contributed by atoms with Crippen molar-refractivity contribution in [2.45, 2.75) is 25.8 Å². The van der Waals surface area contributed by atoms with Crippen LogP contribution in [0, 0.1) is 11.8 Å². The molecular formula is C24H37N3O7. The molecule has 1 amide bonds. The SMILES string of the molecule is O=C1C[C@@H]2CN(Cc3ccccc3OCCCCN3CCOCC3)C[C@@H]2CN1.O=CO.O=CO. The zero-order valence-corrected chi connectivity index (χ0v) is 19.6. The predicted octanol–water partition coefficient (Wildman–Crippen LogP) is 1.15. The first kappa shape index (κ1) is 27.6. The van der Waals surface area contributed by atoms with E-state index in [1.807, 2.05) is 0 Å². The van der Waals surface area contributed by atoms with Gasteiger partial charge in [0.1, 0.15) is 5.75 Å². The van der Waals surface area contributed by atoms with Crippen LogP contribution in [0.25, 0.3) is 0 Å². The molecular weight excluding hydrogens is 442 g/mol. The summed E-state index contributed by atoms with van der Waals surface area (Å²) in [5, 5.41) is 16.8. The molecule has 3 aliphatic rings. The Kier molecular flexibility index (Phi) is 13.0. The number of piperidine rings is 1. The van der Waals surface area contributed by atoms with E-state index in [1.54, 1.807) is 0 Å². The summed E-state index contributed by atoms with van der Waals surface area (Å²) in [5.74, 6) is 2.34. The molecule has 1 aromatic carbocycles. The fraction of sp³-hybridized carbons (Fsp3) is 0.625. The van der Waals surface area contributed by atoms with Gasteiger partial charge in [-0.2, -0.15) is 0 Å². The lowest BCUT2D eigenvalue weighted by molar-refractivity contribution is -0.124. The van der Waals surface area contributed by atoms with Gasteiger partial charge in [0, 0.05) is 51.3 Å². The zero-order chi connectivity index (χ0) is 24.6. The van der Waals surface area contributed by atoms with Gasteiger partial charge in [-0.05, 0) is 37.3 Å². The van der Waals surface area contributed by atoms with Crippen molar-refractivity contribution in [1.82, 2.24) is 15.1 Å². The fourth-order valence-corrected chi connectivity index (χ4v) is 4.64. The average Bonchev–Trinajstić information content (AvgIpc) is 3.23. The number of para-hydroxylation sites is 1. The van der Waals surface area contributed by atoms with Crippen LogP contribution in [0.3, 0.4) is 0 Å². The number of likely N-dealkylation sites (tertiary alicyclic amines) is 1. The Morgan fingerprint density at radius 2 is 1.71 bits per heavy atom. The van der Waals surface area contributed by atoms with Gasteiger partial charge < -0.3 is 25.0 Å². The summed E-state index contributed by atoms with van der Waals surface area (Å²) in [5.41, 5.74) is 1.26. The van der Waals surface area contributed by atoms with Gasteiger partial charge in [-0.1, -0.05) is 18.2 Å². The van der Waals surface area contributed by atoms with E-state index < -0.39 is 0 Å². The van der Waals surface area contributed by atoms with Crippen LogP contribution in [-0.4, -0.2) is 98.0 Å². The number of carbonyl (C=O) groups excluding carboxylic acids is 1. The lowest BCUT2D eigenvalue weighted by atomic mass is 9.89. The first-order valence-corrected chi connectivity index (χ1v) is 11.8. The Labute approximate surface area is 200 Å². The molecule has 0 spiro atoms. The minimum atomic E-state index is -0.250. The molecule has 0 radical (unpaired) electrons. The topological polar surface area (TPSA) is 129 Å². The van der Waals surface area contributed by atoms with Crippen molar-refractivity contribution in [1.29, 1.82) is 0 Å². The molecule has 0 aliphatic carbocycles. The minimum absolute atomic E-state index is 0.212. The summed E-state index contributed by atoms with van der Waals surface area (Å²) in [6.07, 6.45) is 2.93. The number of carbonyl (C=O) groups is 3. The maximum Gasteiger partial charge on any atom is 0.290 e. The van der Waals surface area contributed by atoms with Gasteiger partial charge in [-0.15, -0.1) is 0 Å². The van der Waals surface area contributed by atoms with Gasteiger partial charge in [0.2, 0.25) is 5.91 Å². The van der Waals surface area contributed by atoms with Crippen LogP contribution in [-0.2, 0) is 25.7 Å². The monoisotopic (exact) mass is 479 g/mol. The van der Waals surface area contributed by atoms with Crippen LogP contribution in [0.5, 0.6) is 5.75 Å². The Morgan fingerprint density at radius 1 is 1.03 bits per heavy atom. The minimum Gasteiger partial charge on any atom is -0.493 e. The Hall–Kier alpha value is -2.69. The van der Waals surface area contributed by atoms with Crippen molar-refractivity contribution in [2.24, 2.45) is 11.8 Å². The highest BCUT2D eigenvalue weighted by molar-refractivity contribution is 5.77. The third-order valence-corrected chi connectivity index (χ3v) is 6.26. The van der Waals surface area contributed by atoms with Crippen molar-refractivity contribution >= 4 is 18.9 Å². The summed E-state index contributed by atoms with van der Waals surface area (Å²) in [4.78, 5) is 33.3. The molecule has 0 bridgehead atoms. The summed E-state index contributed by atoms with van der Waals surface area (Å²) in [6, 6.07) is 8.41. The second-order valence-corrected chi connectivity index (χ2v) is 8.55. The number of rotatable bonds is 8. The molecule has 190 valence electrons. The standard InChI is InChI=1S/C22H33N3O3.2CH2O2/c26-22-13-19-16-25(17-20(19)14-23-22)15-18-5-1-2-6-21(18)28-10-4-3-7-24-8-11-27-12-9-24;2*2-1-3/h1-2,5-6,19-20H,3-4,7-17H2,(H,23,26);2*1H,(H,2,3)/t19-,20+;;/m1../s1. The van der Waals surface area contributed by atoms with E-state index >= 15 is 0 Å². The molecule has 10 heteroatoms. The lowest BCUT2D eigenvalue weighted by Gasteiger charge is -2.26. The second kappa shape index (κ2) is 16.0. The molecule has 10 nitrogen and oxygen atoms in total. The smallest absolute Gasteiger partial charge is 0.290 e. The summed E-state index contributed by atoms with van der Waals surface area (Å²) in [6.45, 7) is 9.09. The van der Waals surface area contributed by atoms with Gasteiger partial charge in [0.05, 0.1) is 19.8 Å². The summed E-state index contributed by atoms with van der Waals surface area (Å²) < 4.78 is 11.5. The Morgan fingerprint density at radius 3 is 2.44 bits per heavy atom. The van der Waals surface area contributed by atoms with E-state index in [1.165, 1.54) is 12.0 Å². The van der Waals surface area contributed by atoms with Crippen LogP contribution in [0.15, 0.2) is 24.3 Å². The van der Waals surface area contributed by atoms with E-state index in [0.29, 0.717) is 18.3 Å². The Bertz CT molecular complexity index is 737. The molecule has 2 atom stereocenters. The summed E-state index contributed by atoms with van der Waals surface area (Å²) >= 11 is 0. The van der Waals surface area contributed by atoms with Crippen LogP contribution in [0.2, 0.25) is 0 Å². The molecule has 1 aromatic rings. The molecule has 3 saturated heterocycles. The average molecular weight is 480 g/mol. The van der Waals surface area contributed by atoms with Crippen molar-refractivity contribution < 1.29 is 34.1 Å². The van der Waals surface area contributed by atoms with Gasteiger partial charge in [0.25, 0.3) is 12.9 Å². The van der Waals surface area contributed by atoms with Crippen molar-refractivity contribution in [3.8, 4) is 5.75 Å². The Balaban J connectivity index is 0.000000618. The van der Waals surface area contributed by atoms with Gasteiger partial charge >= 0.3 is 0 Å². The number of amides is 1. The number of nitrogens with zero attached hydrogens (tertiary/aromatic N) is 2. The largest absolute Gasteiger partial charge is 0.493 e. The highest BCUT2D eigenvalue weighted by Gasteiger charge is 2.37. The lowest BCUT2D eigenvalue weighted by Crippen LogP contribution is -2.39. The molecule has 4 rings (SSSR count). The normalized spacial score (nSPS) is 22.2. The predicted molar refractivity (Wildman–Crippen MR) is 126 cm³/mol. The fourth-order valence-electron chi connectivity index (χ4n) is 4.64. The number of morpholine rings is 1. The van der Waals surface area contributed by atoms with Crippen LogP contribution < -0.4 is 10.1 Å². The molecule has 3 N–H and O–H groups in total. The number of benzene rings is 1. The van der Waals surface area contributed by atoms with E-state index in [9.17, 15) is 4.79 Å². The zero-order valence-electron chi connectivity index (χ0n) is 19.6. The number of nitrogens with one attached hydrogen (secondary N) is 1. The third kappa shape index (κ3) is 9.66. The van der Waals surface area contributed by atoms with E-state index in [0.717, 1.165) is 77.8 Å². The van der Waals surface area contributed by atoms with Crippen LogP contribution in [0.1, 0.15) is 24.8 Å². The van der Waals surface area contributed by atoms with Crippen molar-refractivity contribution in [2.75, 3.05) is 59.1 Å². The van der Waals surface area contributed by atoms with E-state index in [-0.39, 0.29) is 18.9 Å². The van der Waals surface area contributed by atoms with Gasteiger partial charge in [-0.25, -0.2) is 0 Å². The van der Waals surface area contributed by atoms with Crippen LogP contribution >= 0.6 is 0 Å². The molecule has 3 aliphatic heterocycles. The second-order valence-electron chi connectivity index (χ2n) is 8.55. The third-order valence-electron chi connectivity index (χ3n) is 6.26. The molecule has 0 unspecified atom stereocenters. The quantitative estimate of drug-likeness (QED) is 0.371. The first-order valence-electron chi connectivity index (χ1n) is 11.8. The molecule has 3 fully saturated rings. The maximum atomic E-state index is 11.6. The van der Waals surface area contributed by atoms with Crippen LogP contribution in [0.4, 0.5) is 0 Å². The van der Waals surface area contributed by atoms with Gasteiger partial charge in [-0.3, -0.25) is 24.2 Å². The number of unbranched alkanes of at least 4 members (excludes halogenated alkanes) is 1. The van der Waals surface area contributed by atoms with Crippen molar-refractivity contribution in [3.63, 3.8) is 0 Å².